The summed E-state index contributed by atoms with van der Waals surface area (Å²) in [6.45, 7) is 2.24. The summed E-state index contributed by atoms with van der Waals surface area (Å²) in [5.41, 5.74) is 1.42. The average Bonchev–Trinajstić information content (AvgIpc) is 3.40. The summed E-state index contributed by atoms with van der Waals surface area (Å²) < 4.78 is 18.7. The summed E-state index contributed by atoms with van der Waals surface area (Å²) in [6.07, 6.45) is 3.26. The number of halogens is 1. The molecule has 0 unspecified atom stereocenters. The number of likely N-dealkylation sites (tertiary alicyclic amines) is 2. The topological polar surface area (TPSA) is 91.6 Å². The van der Waals surface area contributed by atoms with Crippen LogP contribution in [0.3, 0.4) is 0 Å². The molecule has 35 heavy (non-hydrogen) atoms. The van der Waals surface area contributed by atoms with Gasteiger partial charge >= 0.3 is 6.03 Å². The second-order valence-corrected chi connectivity index (χ2v) is 9.17. The SMILES string of the molecule is O=C(Nc1ccccc1)N1CCC[C@H](C(=O)N2CCC[C@H](c3nc(-c4ccc(F)cc4)no3)C2)C1. The lowest BCUT2D eigenvalue weighted by Crippen LogP contribution is -2.49. The minimum atomic E-state index is -0.322. The summed E-state index contributed by atoms with van der Waals surface area (Å²) in [5.74, 6) is 0.394. The summed E-state index contributed by atoms with van der Waals surface area (Å²) in [6, 6.07) is 15.1. The number of carbonyl (C=O) groups is 2. The lowest BCUT2D eigenvalue weighted by molar-refractivity contribution is -0.138. The highest BCUT2D eigenvalue weighted by molar-refractivity contribution is 5.90. The molecule has 3 heterocycles. The Morgan fingerprint density at radius 3 is 2.49 bits per heavy atom. The van der Waals surface area contributed by atoms with Crippen molar-refractivity contribution in [2.45, 2.75) is 31.6 Å². The number of rotatable bonds is 4. The minimum Gasteiger partial charge on any atom is -0.342 e. The van der Waals surface area contributed by atoms with Crippen LogP contribution in [-0.2, 0) is 4.79 Å². The molecule has 8 nitrogen and oxygen atoms in total. The maximum atomic E-state index is 13.4. The van der Waals surface area contributed by atoms with Crippen molar-refractivity contribution in [1.82, 2.24) is 19.9 Å². The molecule has 1 aromatic heterocycles. The number of piperidine rings is 2. The zero-order chi connectivity index (χ0) is 24.2. The Kier molecular flexibility index (Phi) is 6.74. The van der Waals surface area contributed by atoms with Crippen LogP contribution in [0.1, 0.15) is 37.5 Å². The lowest BCUT2D eigenvalue weighted by atomic mass is 9.93. The Bertz CT molecular complexity index is 1170. The smallest absolute Gasteiger partial charge is 0.321 e. The molecule has 0 aliphatic carbocycles. The van der Waals surface area contributed by atoms with E-state index in [1.165, 1.54) is 12.1 Å². The number of urea groups is 1. The van der Waals surface area contributed by atoms with Gasteiger partial charge in [0.25, 0.3) is 0 Å². The van der Waals surface area contributed by atoms with Crippen LogP contribution < -0.4 is 5.32 Å². The van der Waals surface area contributed by atoms with Gasteiger partial charge in [-0.15, -0.1) is 0 Å². The Balaban J connectivity index is 1.20. The number of anilines is 1. The number of hydrogen-bond donors (Lipinski definition) is 1. The molecule has 2 saturated heterocycles. The van der Waals surface area contributed by atoms with Crippen LogP contribution in [-0.4, -0.2) is 58.1 Å². The fraction of sp³-hybridized carbons (Fsp3) is 0.385. The first kappa shape index (κ1) is 23.0. The molecular formula is C26H28FN5O3. The van der Waals surface area contributed by atoms with E-state index in [9.17, 15) is 14.0 Å². The normalized spacial score (nSPS) is 20.5. The molecule has 9 heteroatoms. The Labute approximate surface area is 203 Å². The number of nitrogens with zero attached hydrogens (tertiary/aromatic N) is 4. The predicted octanol–water partition coefficient (Wildman–Crippen LogP) is 4.53. The molecule has 1 N–H and O–H groups in total. The van der Waals surface area contributed by atoms with Crippen molar-refractivity contribution in [3.8, 4) is 11.4 Å². The molecule has 0 spiro atoms. The van der Waals surface area contributed by atoms with Crippen LogP contribution in [0.4, 0.5) is 14.9 Å². The Hall–Kier alpha value is -3.75. The zero-order valence-electron chi connectivity index (χ0n) is 19.4. The first-order valence-electron chi connectivity index (χ1n) is 12.1. The van der Waals surface area contributed by atoms with Crippen LogP contribution in [0, 0.1) is 11.7 Å². The predicted molar refractivity (Wildman–Crippen MR) is 128 cm³/mol. The van der Waals surface area contributed by atoms with Crippen molar-refractivity contribution < 1.29 is 18.5 Å². The monoisotopic (exact) mass is 477 g/mol. The van der Waals surface area contributed by atoms with Gasteiger partial charge in [0.15, 0.2) is 0 Å². The molecule has 2 aromatic carbocycles. The van der Waals surface area contributed by atoms with Crippen LogP contribution in [0.5, 0.6) is 0 Å². The van der Waals surface area contributed by atoms with Gasteiger partial charge in [0, 0.05) is 37.4 Å². The number of carbonyl (C=O) groups excluding carboxylic acids is 2. The first-order chi connectivity index (χ1) is 17.1. The molecule has 5 rings (SSSR count). The third-order valence-electron chi connectivity index (χ3n) is 6.71. The van der Waals surface area contributed by atoms with Crippen molar-refractivity contribution in [3.05, 3.63) is 66.3 Å². The highest BCUT2D eigenvalue weighted by Gasteiger charge is 2.35. The molecule has 0 radical (unpaired) electrons. The standard InChI is InChI=1S/C26H28FN5O3/c27-21-12-10-18(11-13-21)23-29-24(35-30-23)19-6-4-14-31(16-19)25(33)20-7-5-15-32(17-20)26(34)28-22-8-2-1-3-9-22/h1-3,8-13,19-20H,4-7,14-17H2,(H,28,34)/t19-,20-/m0/s1. The number of amides is 3. The fourth-order valence-electron chi connectivity index (χ4n) is 4.84. The molecule has 2 atom stereocenters. The van der Waals surface area contributed by atoms with Crippen molar-refractivity contribution in [2.24, 2.45) is 5.92 Å². The molecule has 3 aromatic rings. The van der Waals surface area contributed by atoms with E-state index in [2.05, 4.69) is 15.5 Å². The van der Waals surface area contributed by atoms with E-state index < -0.39 is 0 Å². The summed E-state index contributed by atoms with van der Waals surface area (Å²) in [5, 5.41) is 6.96. The summed E-state index contributed by atoms with van der Waals surface area (Å²) in [7, 11) is 0. The highest BCUT2D eigenvalue weighted by Crippen LogP contribution is 2.30. The quantitative estimate of drug-likeness (QED) is 0.596. The van der Waals surface area contributed by atoms with E-state index in [-0.39, 0.29) is 29.6 Å². The molecule has 0 bridgehead atoms. The lowest BCUT2D eigenvalue weighted by Gasteiger charge is -2.37. The largest absolute Gasteiger partial charge is 0.342 e. The van der Waals surface area contributed by atoms with E-state index in [4.69, 9.17) is 4.52 Å². The molecule has 3 amide bonds. The first-order valence-corrected chi connectivity index (χ1v) is 12.1. The van der Waals surface area contributed by atoms with Crippen molar-refractivity contribution in [2.75, 3.05) is 31.5 Å². The number of nitrogens with one attached hydrogen (secondary N) is 1. The van der Waals surface area contributed by atoms with Crippen LogP contribution in [0.2, 0.25) is 0 Å². The van der Waals surface area contributed by atoms with Gasteiger partial charge in [0.2, 0.25) is 17.6 Å². The average molecular weight is 478 g/mol. The Morgan fingerprint density at radius 1 is 0.943 bits per heavy atom. The van der Waals surface area contributed by atoms with Gasteiger partial charge < -0.3 is 19.6 Å². The Morgan fingerprint density at radius 2 is 1.69 bits per heavy atom. The summed E-state index contributed by atoms with van der Waals surface area (Å²) in [4.78, 5) is 34.2. The molecule has 0 saturated carbocycles. The number of hydrogen-bond acceptors (Lipinski definition) is 5. The molecular weight excluding hydrogens is 449 g/mol. The van der Waals surface area contributed by atoms with E-state index in [1.807, 2.05) is 35.2 Å². The number of aromatic nitrogens is 2. The third-order valence-corrected chi connectivity index (χ3v) is 6.71. The maximum absolute atomic E-state index is 13.4. The number of benzene rings is 2. The van der Waals surface area contributed by atoms with E-state index in [0.29, 0.717) is 43.5 Å². The second-order valence-electron chi connectivity index (χ2n) is 9.17. The van der Waals surface area contributed by atoms with Gasteiger partial charge in [0.05, 0.1) is 11.8 Å². The number of para-hydroxylation sites is 1. The van der Waals surface area contributed by atoms with Crippen LogP contribution in [0.25, 0.3) is 11.4 Å². The highest BCUT2D eigenvalue weighted by atomic mass is 19.1. The maximum Gasteiger partial charge on any atom is 0.321 e. The van der Waals surface area contributed by atoms with E-state index in [0.717, 1.165) is 31.4 Å². The van der Waals surface area contributed by atoms with Crippen molar-refractivity contribution in [1.29, 1.82) is 0 Å². The van der Waals surface area contributed by atoms with Gasteiger partial charge in [-0.05, 0) is 62.1 Å². The van der Waals surface area contributed by atoms with Gasteiger partial charge in [-0.25, -0.2) is 9.18 Å². The van der Waals surface area contributed by atoms with Crippen LogP contribution in [0.15, 0.2) is 59.1 Å². The third kappa shape index (κ3) is 5.34. The van der Waals surface area contributed by atoms with Gasteiger partial charge in [-0.1, -0.05) is 23.4 Å². The van der Waals surface area contributed by atoms with Gasteiger partial charge in [-0.3, -0.25) is 4.79 Å². The zero-order valence-corrected chi connectivity index (χ0v) is 19.4. The fourth-order valence-corrected chi connectivity index (χ4v) is 4.84. The minimum absolute atomic E-state index is 0.0459. The molecule has 2 aliphatic heterocycles. The van der Waals surface area contributed by atoms with Crippen molar-refractivity contribution in [3.63, 3.8) is 0 Å². The van der Waals surface area contributed by atoms with E-state index >= 15 is 0 Å². The van der Waals surface area contributed by atoms with Crippen molar-refractivity contribution >= 4 is 17.6 Å². The summed E-state index contributed by atoms with van der Waals surface area (Å²) >= 11 is 0. The van der Waals surface area contributed by atoms with E-state index in [1.54, 1.807) is 17.0 Å². The second kappa shape index (κ2) is 10.2. The van der Waals surface area contributed by atoms with Gasteiger partial charge in [0.1, 0.15) is 5.82 Å². The molecule has 2 aliphatic rings. The van der Waals surface area contributed by atoms with Gasteiger partial charge in [-0.2, -0.15) is 4.98 Å². The molecule has 182 valence electrons. The van der Waals surface area contributed by atoms with Crippen LogP contribution >= 0.6 is 0 Å². The molecule has 2 fully saturated rings.